The Morgan fingerprint density at radius 1 is 1.11 bits per heavy atom. The second kappa shape index (κ2) is 8.39. The molecule has 102 valence electrons. The Hall–Kier alpha value is -0.730. The molecule has 2 rings (SSSR count). The average molecular weight is 270 g/mol. The Labute approximate surface area is 117 Å². The van der Waals surface area contributed by atoms with E-state index in [2.05, 4.69) is 17.4 Å². The lowest BCUT2D eigenvalue weighted by atomic mass is 10.1. The highest BCUT2D eigenvalue weighted by molar-refractivity contribution is 5.85. The fourth-order valence-corrected chi connectivity index (χ4v) is 2.59. The van der Waals surface area contributed by atoms with Gasteiger partial charge in [-0.05, 0) is 18.9 Å². The fourth-order valence-electron chi connectivity index (χ4n) is 2.59. The second-order valence-corrected chi connectivity index (χ2v) is 4.88. The first kappa shape index (κ1) is 15.3. The van der Waals surface area contributed by atoms with Crippen molar-refractivity contribution in [1.82, 2.24) is 5.32 Å². The van der Waals surface area contributed by atoms with E-state index in [0.29, 0.717) is 6.04 Å². The van der Waals surface area contributed by atoms with Crippen molar-refractivity contribution in [1.29, 1.82) is 0 Å². The summed E-state index contributed by atoms with van der Waals surface area (Å²) >= 11 is 0. The largest absolute Gasteiger partial charge is 0.496 e. The Morgan fingerprint density at radius 2 is 1.78 bits per heavy atom. The predicted octanol–water partition coefficient (Wildman–Crippen LogP) is 3.93. The average Bonchev–Trinajstić information content (AvgIpc) is 2.65. The molecule has 0 spiro atoms. The van der Waals surface area contributed by atoms with Gasteiger partial charge in [-0.25, -0.2) is 0 Å². The Bertz CT molecular complexity index is 335. The number of ether oxygens (including phenoxy) is 1. The van der Waals surface area contributed by atoms with E-state index >= 15 is 0 Å². The molecule has 0 aromatic heterocycles. The Kier molecular flexibility index (Phi) is 7.14. The zero-order valence-electron chi connectivity index (χ0n) is 11.2. The third-order valence-electron chi connectivity index (χ3n) is 3.63. The molecule has 1 N–H and O–H groups in total. The van der Waals surface area contributed by atoms with E-state index < -0.39 is 0 Å². The van der Waals surface area contributed by atoms with Crippen LogP contribution in [0.3, 0.4) is 0 Å². The summed E-state index contributed by atoms with van der Waals surface area (Å²) in [6.07, 6.45) is 8.23. The van der Waals surface area contributed by atoms with Crippen LogP contribution in [0.25, 0.3) is 0 Å². The lowest BCUT2D eigenvalue weighted by molar-refractivity contribution is 0.401. The molecule has 0 saturated heterocycles. The first-order valence-corrected chi connectivity index (χ1v) is 6.75. The smallest absolute Gasteiger partial charge is 0.123 e. The van der Waals surface area contributed by atoms with Gasteiger partial charge in [0.25, 0.3) is 0 Å². The van der Waals surface area contributed by atoms with Crippen molar-refractivity contribution in [3.8, 4) is 5.75 Å². The molecule has 18 heavy (non-hydrogen) atoms. The van der Waals surface area contributed by atoms with Gasteiger partial charge in [0, 0.05) is 18.2 Å². The lowest BCUT2D eigenvalue weighted by Gasteiger charge is -2.17. The zero-order chi connectivity index (χ0) is 11.9. The van der Waals surface area contributed by atoms with E-state index in [9.17, 15) is 0 Å². The summed E-state index contributed by atoms with van der Waals surface area (Å²) in [6, 6.07) is 8.97. The van der Waals surface area contributed by atoms with Gasteiger partial charge in [0.1, 0.15) is 5.75 Å². The Balaban J connectivity index is 0.00000162. The van der Waals surface area contributed by atoms with Gasteiger partial charge in [0.05, 0.1) is 7.11 Å². The number of para-hydroxylation sites is 1. The highest BCUT2D eigenvalue weighted by Crippen LogP contribution is 2.20. The van der Waals surface area contributed by atoms with Crippen molar-refractivity contribution in [2.24, 2.45) is 0 Å². The van der Waals surface area contributed by atoms with Gasteiger partial charge < -0.3 is 10.1 Å². The minimum atomic E-state index is 0. The number of nitrogens with one attached hydrogen (secondary N) is 1. The molecular weight excluding hydrogens is 246 g/mol. The number of benzene rings is 1. The molecule has 0 radical (unpaired) electrons. The molecule has 1 saturated carbocycles. The standard InChI is InChI=1S/C15H23NO.ClH/c1-17-15-11-7-6-8-13(15)12-16-14-9-4-2-3-5-10-14;/h6-8,11,14,16H,2-5,9-10,12H2,1H3;1H. The molecule has 0 amide bonds. The van der Waals surface area contributed by atoms with Crippen LogP contribution in [0.4, 0.5) is 0 Å². The minimum absolute atomic E-state index is 0. The SMILES string of the molecule is COc1ccccc1CNC1CCCCCC1.Cl. The molecule has 0 bridgehead atoms. The predicted molar refractivity (Wildman–Crippen MR) is 78.6 cm³/mol. The number of rotatable bonds is 4. The molecule has 0 aliphatic heterocycles. The number of hydrogen-bond acceptors (Lipinski definition) is 2. The van der Waals surface area contributed by atoms with Gasteiger partial charge in [0.15, 0.2) is 0 Å². The molecule has 1 fully saturated rings. The maximum atomic E-state index is 5.37. The highest BCUT2D eigenvalue weighted by atomic mass is 35.5. The van der Waals surface area contributed by atoms with E-state index in [-0.39, 0.29) is 12.4 Å². The molecule has 1 aromatic rings. The summed E-state index contributed by atoms with van der Waals surface area (Å²) in [5.41, 5.74) is 1.26. The monoisotopic (exact) mass is 269 g/mol. The summed E-state index contributed by atoms with van der Waals surface area (Å²) < 4.78 is 5.37. The molecule has 1 aliphatic rings. The van der Waals surface area contributed by atoms with Gasteiger partial charge in [-0.2, -0.15) is 0 Å². The number of halogens is 1. The summed E-state index contributed by atoms with van der Waals surface area (Å²) in [5.74, 6) is 0.994. The molecule has 0 atom stereocenters. The van der Waals surface area contributed by atoms with Crippen LogP contribution in [0.5, 0.6) is 5.75 Å². The van der Waals surface area contributed by atoms with Crippen LogP contribution < -0.4 is 10.1 Å². The number of methoxy groups -OCH3 is 1. The van der Waals surface area contributed by atoms with Gasteiger partial charge in [-0.1, -0.05) is 43.9 Å². The lowest BCUT2D eigenvalue weighted by Crippen LogP contribution is -2.28. The minimum Gasteiger partial charge on any atom is -0.496 e. The van der Waals surface area contributed by atoms with E-state index in [4.69, 9.17) is 4.74 Å². The van der Waals surface area contributed by atoms with Crippen LogP contribution in [0.15, 0.2) is 24.3 Å². The van der Waals surface area contributed by atoms with E-state index in [1.165, 1.54) is 44.1 Å². The molecule has 0 unspecified atom stereocenters. The zero-order valence-corrected chi connectivity index (χ0v) is 12.0. The third-order valence-corrected chi connectivity index (χ3v) is 3.63. The molecule has 1 aromatic carbocycles. The van der Waals surface area contributed by atoms with Crippen molar-refractivity contribution in [3.05, 3.63) is 29.8 Å². The summed E-state index contributed by atoms with van der Waals surface area (Å²) in [4.78, 5) is 0. The van der Waals surface area contributed by atoms with Crippen LogP contribution in [0, 0.1) is 0 Å². The first-order valence-electron chi connectivity index (χ1n) is 6.75. The van der Waals surface area contributed by atoms with E-state index in [0.717, 1.165) is 12.3 Å². The van der Waals surface area contributed by atoms with Gasteiger partial charge in [-0.3, -0.25) is 0 Å². The van der Waals surface area contributed by atoms with Crippen molar-refractivity contribution in [2.75, 3.05) is 7.11 Å². The topological polar surface area (TPSA) is 21.3 Å². The molecule has 2 nitrogen and oxygen atoms in total. The molecule has 0 heterocycles. The van der Waals surface area contributed by atoms with Crippen LogP contribution in [-0.4, -0.2) is 13.2 Å². The van der Waals surface area contributed by atoms with Crippen molar-refractivity contribution >= 4 is 12.4 Å². The van der Waals surface area contributed by atoms with E-state index in [1.54, 1.807) is 7.11 Å². The van der Waals surface area contributed by atoms with Gasteiger partial charge in [-0.15, -0.1) is 12.4 Å². The van der Waals surface area contributed by atoms with Crippen LogP contribution >= 0.6 is 12.4 Å². The summed E-state index contributed by atoms with van der Waals surface area (Å²) in [7, 11) is 1.74. The maximum absolute atomic E-state index is 5.37. The highest BCUT2D eigenvalue weighted by Gasteiger charge is 2.12. The summed E-state index contributed by atoms with van der Waals surface area (Å²) in [6.45, 7) is 0.925. The van der Waals surface area contributed by atoms with Crippen molar-refractivity contribution in [2.45, 2.75) is 51.1 Å². The van der Waals surface area contributed by atoms with E-state index in [1.807, 2.05) is 12.1 Å². The first-order chi connectivity index (χ1) is 8.40. The number of hydrogen-bond donors (Lipinski definition) is 1. The maximum Gasteiger partial charge on any atom is 0.123 e. The van der Waals surface area contributed by atoms with Crippen LogP contribution in [0.1, 0.15) is 44.1 Å². The van der Waals surface area contributed by atoms with Gasteiger partial charge in [0.2, 0.25) is 0 Å². The summed E-state index contributed by atoms with van der Waals surface area (Å²) in [5, 5.41) is 3.67. The molecule has 1 aliphatic carbocycles. The van der Waals surface area contributed by atoms with Crippen LogP contribution in [0.2, 0.25) is 0 Å². The molecule has 3 heteroatoms. The third kappa shape index (κ3) is 4.51. The normalized spacial score (nSPS) is 16.7. The van der Waals surface area contributed by atoms with Crippen molar-refractivity contribution < 1.29 is 4.74 Å². The second-order valence-electron chi connectivity index (χ2n) is 4.88. The quantitative estimate of drug-likeness (QED) is 0.837. The molecular formula is C15H24ClNO. The van der Waals surface area contributed by atoms with Crippen LogP contribution in [-0.2, 0) is 6.54 Å². The fraction of sp³-hybridized carbons (Fsp3) is 0.600. The van der Waals surface area contributed by atoms with Gasteiger partial charge >= 0.3 is 0 Å². The Morgan fingerprint density at radius 3 is 2.44 bits per heavy atom. The van der Waals surface area contributed by atoms with Crippen molar-refractivity contribution in [3.63, 3.8) is 0 Å².